The monoisotopic (exact) mass is 498 g/mol. The van der Waals surface area contributed by atoms with Gasteiger partial charge in [-0.25, -0.2) is 4.98 Å². The highest BCUT2D eigenvalue weighted by atomic mass is 32.1. The van der Waals surface area contributed by atoms with Crippen LogP contribution in [0.5, 0.6) is 5.75 Å². The van der Waals surface area contributed by atoms with Crippen molar-refractivity contribution in [1.82, 2.24) is 4.98 Å². The molecule has 0 spiro atoms. The van der Waals surface area contributed by atoms with Crippen molar-refractivity contribution in [3.05, 3.63) is 95.1 Å². The summed E-state index contributed by atoms with van der Waals surface area (Å²) in [6.07, 6.45) is 0. The van der Waals surface area contributed by atoms with Gasteiger partial charge < -0.3 is 9.84 Å². The average Bonchev–Trinajstić information content (AvgIpc) is 3.42. The van der Waals surface area contributed by atoms with Gasteiger partial charge in [0.15, 0.2) is 5.13 Å². The second-order valence-electron chi connectivity index (χ2n) is 8.92. The minimum absolute atomic E-state index is 0.0535. The van der Waals surface area contributed by atoms with Crippen LogP contribution in [0.25, 0.3) is 16.0 Å². The Balaban J connectivity index is 1.68. The van der Waals surface area contributed by atoms with Crippen LogP contribution in [0, 0.1) is 0 Å². The summed E-state index contributed by atoms with van der Waals surface area (Å²) in [5, 5.41) is 11.6. The molecular weight excluding hydrogens is 472 g/mol. The number of ketones is 1. The molecule has 1 saturated heterocycles. The van der Waals surface area contributed by atoms with Gasteiger partial charge in [0.2, 0.25) is 0 Å². The SMILES string of the molecule is CCOc1ccc2nc(N3C(=O)C(=O)/C(=C(/O)c4ccccc4)[C@H]3c3ccc(C(C)C)cc3)sc2c1. The van der Waals surface area contributed by atoms with Crippen LogP contribution in [-0.4, -0.2) is 28.4 Å². The molecule has 7 heteroatoms. The van der Waals surface area contributed by atoms with E-state index in [9.17, 15) is 14.7 Å². The summed E-state index contributed by atoms with van der Waals surface area (Å²) in [4.78, 5) is 32.9. The number of thiazole rings is 1. The first-order chi connectivity index (χ1) is 17.4. The Kier molecular flexibility index (Phi) is 6.33. The maximum Gasteiger partial charge on any atom is 0.301 e. The number of Topliss-reactive ketones (excluding diaryl/α,β-unsaturated/α-hetero) is 1. The number of ether oxygens (including phenoxy) is 1. The van der Waals surface area contributed by atoms with Crippen molar-refractivity contribution in [3.8, 4) is 5.75 Å². The van der Waals surface area contributed by atoms with E-state index in [0.29, 0.717) is 34.5 Å². The molecule has 4 aromatic rings. The Morgan fingerprint density at radius 3 is 2.44 bits per heavy atom. The smallest absolute Gasteiger partial charge is 0.301 e. The molecule has 1 N–H and O–H groups in total. The second kappa shape index (κ2) is 9.59. The van der Waals surface area contributed by atoms with Crippen LogP contribution in [0.2, 0.25) is 0 Å². The van der Waals surface area contributed by atoms with Crippen LogP contribution in [-0.2, 0) is 9.59 Å². The molecule has 0 bridgehead atoms. The van der Waals surface area contributed by atoms with Gasteiger partial charge in [-0.2, -0.15) is 0 Å². The highest BCUT2D eigenvalue weighted by molar-refractivity contribution is 7.22. The van der Waals surface area contributed by atoms with Gasteiger partial charge in [0.25, 0.3) is 5.78 Å². The normalized spacial score (nSPS) is 17.3. The summed E-state index contributed by atoms with van der Waals surface area (Å²) >= 11 is 1.31. The molecule has 1 aliphatic rings. The van der Waals surface area contributed by atoms with Gasteiger partial charge in [0, 0.05) is 5.56 Å². The Bertz CT molecular complexity index is 1470. The molecule has 6 nitrogen and oxygen atoms in total. The van der Waals surface area contributed by atoms with Crippen molar-refractivity contribution in [3.63, 3.8) is 0 Å². The Labute approximate surface area is 213 Å². The van der Waals surface area contributed by atoms with Crippen LogP contribution < -0.4 is 9.64 Å². The molecule has 2 heterocycles. The van der Waals surface area contributed by atoms with Crippen molar-refractivity contribution in [2.24, 2.45) is 0 Å². The maximum atomic E-state index is 13.4. The van der Waals surface area contributed by atoms with Gasteiger partial charge in [-0.1, -0.05) is 79.8 Å². The van der Waals surface area contributed by atoms with E-state index in [1.807, 2.05) is 55.5 Å². The quantitative estimate of drug-likeness (QED) is 0.188. The molecule has 1 fully saturated rings. The number of aliphatic hydroxyl groups is 1. The fourth-order valence-corrected chi connectivity index (χ4v) is 5.43. The summed E-state index contributed by atoms with van der Waals surface area (Å²) in [5.74, 6) is -0.599. The zero-order chi connectivity index (χ0) is 25.4. The van der Waals surface area contributed by atoms with Gasteiger partial charge in [-0.05, 0) is 42.2 Å². The Morgan fingerprint density at radius 1 is 1.06 bits per heavy atom. The lowest BCUT2D eigenvalue weighted by Crippen LogP contribution is -2.29. The number of aliphatic hydroxyl groups excluding tert-OH is 1. The Hall–Kier alpha value is -3.97. The number of hydrogen-bond acceptors (Lipinski definition) is 6. The van der Waals surface area contributed by atoms with Gasteiger partial charge in [-0.15, -0.1) is 0 Å². The third kappa shape index (κ3) is 4.16. The number of benzene rings is 3. The summed E-state index contributed by atoms with van der Waals surface area (Å²) < 4.78 is 6.45. The third-order valence-electron chi connectivity index (χ3n) is 6.28. The molecule has 1 amide bonds. The minimum atomic E-state index is -0.807. The molecule has 1 atom stereocenters. The molecule has 5 rings (SSSR count). The van der Waals surface area contributed by atoms with Crippen LogP contribution >= 0.6 is 11.3 Å². The minimum Gasteiger partial charge on any atom is -0.507 e. The van der Waals surface area contributed by atoms with Crippen LogP contribution in [0.15, 0.2) is 78.4 Å². The zero-order valence-corrected chi connectivity index (χ0v) is 21.1. The fourth-order valence-electron chi connectivity index (χ4n) is 4.41. The van der Waals surface area contributed by atoms with Crippen molar-refractivity contribution < 1.29 is 19.4 Å². The van der Waals surface area contributed by atoms with E-state index in [1.165, 1.54) is 16.2 Å². The van der Waals surface area contributed by atoms with E-state index in [4.69, 9.17) is 4.74 Å². The van der Waals surface area contributed by atoms with Crippen molar-refractivity contribution in [1.29, 1.82) is 0 Å². The number of amides is 1. The largest absolute Gasteiger partial charge is 0.507 e. The molecule has 1 aromatic heterocycles. The van der Waals surface area contributed by atoms with E-state index in [1.54, 1.807) is 24.3 Å². The maximum absolute atomic E-state index is 13.4. The predicted molar refractivity (Wildman–Crippen MR) is 143 cm³/mol. The highest BCUT2D eigenvalue weighted by Crippen LogP contribution is 2.44. The van der Waals surface area contributed by atoms with E-state index in [-0.39, 0.29) is 11.3 Å². The predicted octanol–water partition coefficient (Wildman–Crippen LogP) is 6.44. The van der Waals surface area contributed by atoms with E-state index in [0.717, 1.165) is 15.8 Å². The zero-order valence-electron chi connectivity index (χ0n) is 20.3. The molecule has 3 aromatic carbocycles. The first-order valence-electron chi connectivity index (χ1n) is 11.9. The third-order valence-corrected chi connectivity index (χ3v) is 7.29. The number of rotatable bonds is 6. The van der Waals surface area contributed by atoms with Crippen molar-refractivity contribution in [2.75, 3.05) is 11.5 Å². The average molecular weight is 499 g/mol. The number of nitrogens with zero attached hydrogens (tertiary/aromatic N) is 2. The molecule has 0 unspecified atom stereocenters. The van der Waals surface area contributed by atoms with Crippen LogP contribution in [0.4, 0.5) is 5.13 Å². The molecule has 36 heavy (non-hydrogen) atoms. The lowest BCUT2D eigenvalue weighted by atomic mass is 9.93. The number of carbonyl (C=O) groups excluding carboxylic acids is 2. The molecule has 0 radical (unpaired) electrons. The van der Waals surface area contributed by atoms with E-state index in [2.05, 4.69) is 18.8 Å². The van der Waals surface area contributed by atoms with Gasteiger partial charge >= 0.3 is 5.91 Å². The summed E-state index contributed by atoms with van der Waals surface area (Å²) in [6, 6.07) is 21.4. The lowest BCUT2D eigenvalue weighted by molar-refractivity contribution is -0.132. The number of fused-ring (bicyclic) bond motifs is 1. The molecule has 0 saturated carbocycles. The van der Waals surface area contributed by atoms with E-state index >= 15 is 0 Å². The van der Waals surface area contributed by atoms with Crippen molar-refractivity contribution >= 4 is 44.1 Å². The van der Waals surface area contributed by atoms with Gasteiger partial charge in [0.1, 0.15) is 11.5 Å². The number of anilines is 1. The number of carbonyl (C=O) groups is 2. The number of hydrogen-bond donors (Lipinski definition) is 1. The van der Waals surface area contributed by atoms with Crippen molar-refractivity contribution in [2.45, 2.75) is 32.7 Å². The fraction of sp³-hybridized carbons (Fsp3) is 0.207. The molecule has 182 valence electrons. The first-order valence-corrected chi connectivity index (χ1v) is 12.7. The lowest BCUT2D eigenvalue weighted by Gasteiger charge is -2.23. The van der Waals surface area contributed by atoms with Crippen LogP contribution in [0.1, 0.15) is 49.4 Å². The van der Waals surface area contributed by atoms with Crippen LogP contribution in [0.3, 0.4) is 0 Å². The molecule has 1 aliphatic heterocycles. The Morgan fingerprint density at radius 2 is 1.78 bits per heavy atom. The first kappa shape index (κ1) is 23.8. The molecular formula is C29H26N2O4S. The summed E-state index contributed by atoms with van der Waals surface area (Å²) in [5.41, 5.74) is 3.10. The summed E-state index contributed by atoms with van der Waals surface area (Å²) in [6.45, 7) is 6.67. The van der Waals surface area contributed by atoms with E-state index < -0.39 is 17.7 Å². The summed E-state index contributed by atoms with van der Waals surface area (Å²) in [7, 11) is 0. The highest BCUT2D eigenvalue weighted by Gasteiger charge is 2.48. The topological polar surface area (TPSA) is 79.7 Å². The standard InChI is InChI=1S/C29H26N2O4S/c1-4-35-21-14-15-22-23(16-21)36-29(30-22)31-25(19-12-10-18(11-13-19)17(2)3)24(27(33)28(31)34)26(32)20-8-6-5-7-9-20/h5-17,25,32H,4H2,1-3H3/b26-24+/t25-/m1/s1. The van der Waals surface area contributed by atoms with Gasteiger partial charge in [0.05, 0.1) is 28.4 Å². The van der Waals surface area contributed by atoms with Gasteiger partial charge in [-0.3, -0.25) is 14.5 Å². The second-order valence-corrected chi connectivity index (χ2v) is 9.92. The number of aromatic nitrogens is 1. The molecule has 0 aliphatic carbocycles.